The van der Waals surface area contributed by atoms with E-state index in [1.807, 2.05) is 0 Å². The Bertz CT molecular complexity index is 475. The number of carbonyl (C=O) groups excluding carboxylic acids is 1. The Kier molecular flexibility index (Phi) is 4.54. The second-order valence-corrected chi connectivity index (χ2v) is 7.56. The number of amides is 2. The molecule has 1 aliphatic carbocycles. The van der Waals surface area contributed by atoms with E-state index in [0.29, 0.717) is 26.1 Å². The summed E-state index contributed by atoms with van der Waals surface area (Å²) in [6, 6.07) is -0.0978. The van der Waals surface area contributed by atoms with Gasteiger partial charge in [-0.2, -0.15) is 0 Å². The van der Waals surface area contributed by atoms with Crippen LogP contribution in [0.25, 0.3) is 0 Å². The Hall–Kier alpha value is -1.30. The summed E-state index contributed by atoms with van der Waals surface area (Å²) >= 11 is 0. The summed E-state index contributed by atoms with van der Waals surface area (Å²) < 4.78 is 5.43. The van der Waals surface area contributed by atoms with Crippen molar-refractivity contribution in [2.45, 2.75) is 45.4 Å². The van der Waals surface area contributed by atoms with Crippen LogP contribution in [0.2, 0.25) is 0 Å². The zero-order valence-corrected chi connectivity index (χ0v) is 14.0. The summed E-state index contributed by atoms with van der Waals surface area (Å²) in [6.45, 7) is 5.29. The van der Waals surface area contributed by atoms with Gasteiger partial charge in [0.05, 0.1) is 5.41 Å². The number of hydrogen-bond acceptors (Lipinski definition) is 3. The fourth-order valence-corrected chi connectivity index (χ4v) is 4.63. The van der Waals surface area contributed by atoms with Crippen molar-refractivity contribution >= 4 is 12.0 Å². The maximum absolute atomic E-state index is 12.5. The molecule has 130 valence electrons. The van der Waals surface area contributed by atoms with Crippen LogP contribution in [0.5, 0.6) is 0 Å². The first kappa shape index (κ1) is 16.6. The minimum absolute atomic E-state index is 0.0978. The molecule has 0 radical (unpaired) electrons. The van der Waals surface area contributed by atoms with Gasteiger partial charge in [-0.25, -0.2) is 4.79 Å². The monoisotopic (exact) mass is 324 g/mol. The molecule has 6 heteroatoms. The number of carboxylic acid groups (broad SMARTS) is 1. The summed E-state index contributed by atoms with van der Waals surface area (Å²) in [5.41, 5.74) is -0.563. The van der Waals surface area contributed by atoms with E-state index in [0.717, 1.165) is 45.3 Å². The van der Waals surface area contributed by atoms with Crippen LogP contribution < -0.4 is 5.32 Å². The molecule has 3 rings (SSSR count). The topological polar surface area (TPSA) is 78.9 Å². The summed E-state index contributed by atoms with van der Waals surface area (Å²) in [4.78, 5) is 26.0. The molecule has 2 heterocycles. The Balaban J connectivity index is 1.58. The van der Waals surface area contributed by atoms with Gasteiger partial charge in [0.1, 0.15) is 0 Å². The SMILES string of the molecule is CCC1(CNC(=O)N2C[C@@H]3CCC[C@@]3(C(=O)O)C2)CCOCC1. The van der Waals surface area contributed by atoms with E-state index in [4.69, 9.17) is 4.74 Å². The molecule has 0 aromatic carbocycles. The number of rotatable bonds is 4. The van der Waals surface area contributed by atoms with Gasteiger partial charge in [0.15, 0.2) is 0 Å². The lowest BCUT2D eigenvalue weighted by Gasteiger charge is -2.37. The molecule has 0 aromatic rings. The number of carboxylic acids is 1. The fraction of sp³-hybridized carbons (Fsp3) is 0.882. The first-order valence-electron chi connectivity index (χ1n) is 8.85. The summed E-state index contributed by atoms with van der Waals surface area (Å²) in [5.74, 6) is -0.612. The van der Waals surface area contributed by atoms with Crippen molar-refractivity contribution in [1.29, 1.82) is 0 Å². The van der Waals surface area contributed by atoms with Crippen molar-refractivity contribution in [3.8, 4) is 0 Å². The molecule has 1 saturated carbocycles. The molecule has 2 atom stereocenters. The molecule has 2 N–H and O–H groups in total. The average molecular weight is 324 g/mol. The largest absolute Gasteiger partial charge is 0.481 e. The van der Waals surface area contributed by atoms with Crippen LogP contribution in [-0.2, 0) is 9.53 Å². The van der Waals surface area contributed by atoms with Crippen LogP contribution in [0.1, 0.15) is 45.4 Å². The maximum Gasteiger partial charge on any atom is 0.317 e. The summed E-state index contributed by atoms with van der Waals surface area (Å²) in [5, 5.41) is 12.7. The highest BCUT2D eigenvalue weighted by atomic mass is 16.5. The Morgan fingerprint density at radius 3 is 2.65 bits per heavy atom. The molecule has 2 saturated heterocycles. The smallest absolute Gasteiger partial charge is 0.317 e. The predicted molar refractivity (Wildman–Crippen MR) is 85.2 cm³/mol. The average Bonchev–Trinajstić information content (AvgIpc) is 3.12. The molecular weight excluding hydrogens is 296 g/mol. The maximum atomic E-state index is 12.5. The second kappa shape index (κ2) is 6.30. The molecule has 2 aliphatic heterocycles. The van der Waals surface area contributed by atoms with Gasteiger partial charge in [0.2, 0.25) is 0 Å². The highest BCUT2D eigenvalue weighted by molar-refractivity contribution is 5.80. The standard InChI is InChI=1S/C17H28N2O4/c1-2-16(6-8-23-9-7-16)11-18-15(22)19-10-13-4-3-5-17(13,12-19)14(20)21/h13H,2-12H2,1H3,(H,18,22)(H,20,21)/t13-,17+/m0/s1. The number of aliphatic carboxylic acids is 1. The highest BCUT2D eigenvalue weighted by Gasteiger charge is 2.55. The molecule has 3 aliphatic rings. The van der Waals surface area contributed by atoms with Gasteiger partial charge in [0.25, 0.3) is 0 Å². The third-order valence-corrected chi connectivity index (χ3v) is 6.50. The van der Waals surface area contributed by atoms with Gasteiger partial charge >= 0.3 is 12.0 Å². The molecular formula is C17H28N2O4. The highest BCUT2D eigenvalue weighted by Crippen LogP contribution is 2.48. The van der Waals surface area contributed by atoms with E-state index in [2.05, 4.69) is 12.2 Å². The lowest BCUT2D eigenvalue weighted by Crippen LogP contribution is -2.46. The number of likely N-dealkylation sites (tertiary alicyclic amines) is 1. The summed E-state index contributed by atoms with van der Waals surface area (Å²) in [7, 11) is 0. The number of hydrogen-bond donors (Lipinski definition) is 2. The Morgan fingerprint density at radius 1 is 1.30 bits per heavy atom. The van der Waals surface area contributed by atoms with E-state index in [1.165, 1.54) is 0 Å². The van der Waals surface area contributed by atoms with Crippen molar-refractivity contribution < 1.29 is 19.4 Å². The van der Waals surface area contributed by atoms with Crippen LogP contribution >= 0.6 is 0 Å². The lowest BCUT2D eigenvalue weighted by atomic mass is 9.78. The predicted octanol–water partition coefficient (Wildman–Crippen LogP) is 2.09. The molecule has 0 aromatic heterocycles. The zero-order chi connectivity index (χ0) is 16.5. The second-order valence-electron chi connectivity index (χ2n) is 7.56. The number of carbonyl (C=O) groups is 2. The molecule has 2 amide bonds. The van der Waals surface area contributed by atoms with Gasteiger partial charge in [0, 0.05) is 32.8 Å². The van der Waals surface area contributed by atoms with E-state index >= 15 is 0 Å². The normalized spacial score (nSPS) is 32.6. The van der Waals surface area contributed by atoms with Gasteiger partial charge in [-0.1, -0.05) is 13.3 Å². The minimum Gasteiger partial charge on any atom is -0.481 e. The number of nitrogens with one attached hydrogen (secondary N) is 1. The third-order valence-electron chi connectivity index (χ3n) is 6.50. The van der Waals surface area contributed by atoms with Crippen LogP contribution in [0, 0.1) is 16.7 Å². The first-order chi connectivity index (χ1) is 11.0. The number of urea groups is 1. The van der Waals surface area contributed by atoms with Crippen molar-refractivity contribution in [3.05, 3.63) is 0 Å². The van der Waals surface area contributed by atoms with Crippen molar-refractivity contribution in [2.24, 2.45) is 16.7 Å². The lowest BCUT2D eigenvalue weighted by molar-refractivity contribution is -0.149. The molecule has 6 nitrogen and oxygen atoms in total. The van der Waals surface area contributed by atoms with Crippen molar-refractivity contribution in [1.82, 2.24) is 10.2 Å². The quantitative estimate of drug-likeness (QED) is 0.830. The number of nitrogens with zero attached hydrogens (tertiary/aromatic N) is 1. The molecule has 3 fully saturated rings. The van der Waals surface area contributed by atoms with E-state index < -0.39 is 11.4 Å². The molecule has 0 spiro atoms. The van der Waals surface area contributed by atoms with Crippen molar-refractivity contribution in [3.63, 3.8) is 0 Å². The van der Waals surface area contributed by atoms with Crippen LogP contribution in [0.4, 0.5) is 4.79 Å². The van der Waals surface area contributed by atoms with Gasteiger partial charge in [-0.15, -0.1) is 0 Å². The van der Waals surface area contributed by atoms with Crippen LogP contribution in [0.15, 0.2) is 0 Å². The Labute approximate surface area is 137 Å². The third kappa shape index (κ3) is 2.93. The number of fused-ring (bicyclic) bond motifs is 1. The van der Waals surface area contributed by atoms with Crippen molar-refractivity contribution in [2.75, 3.05) is 32.8 Å². The minimum atomic E-state index is -0.732. The van der Waals surface area contributed by atoms with Crippen LogP contribution in [-0.4, -0.2) is 54.9 Å². The molecule has 0 unspecified atom stereocenters. The molecule has 0 bridgehead atoms. The van der Waals surface area contributed by atoms with E-state index in [-0.39, 0.29) is 17.4 Å². The molecule has 23 heavy (non-hydrogen) atoms. The van der Waals surface area contributed by atoms with Gasteiger partial charge in [-0.3, -0.25) is 4.79 Å². The Morgan fingerprint density at radius 2 is 2.04 bits per heavy atom. The van der Waals surface area contributed by atoms with E-state index in [9.17, 15) is 14.7 Å². The zero-order valence-electron chi connectivity index (χ0n) is 14.0. The van der Waals surface area contributed by atoms with Crippen LogP contribution in [0.3, 0.4) is 0 Å². The van der Waals surface area contributed by atoms with E-state index in [1.54, 1.807) is 4.90 Å². The number of ether oxygens (including phenoxy) is 1. The van der Waals surface area contributed by atoms with Gasteiger partial charge in [-0.05, 0) is 43.4 Å². The summed E-state index contributed by atoms with van der Waals surface area (Å²) in [6.07, 6.45) is 5.57. The first-order valence-corrected chi connectivity index (χ1v) is 8.85. The van der Waals surface area contributed by atoms with Gasteiger partial charge < -0.3 is 20.1 Å². The fourth-order valence-electron chi connectivity index (χ4n) is 4.63.